The van der Waals surface area contributed by atoms with Crippen LogP contribution in [0, 0.1) is 0 Å². The Kier molecular flexibility index (Phi) is 14.3. The van der Waals surface area contributed by atoms with Gasteiger partial charge in [-0.2, -0.15) is 0 Å². The number of benzene rings is 10. The smallest absolute Gasteiger partial charge is 0.256 e. The molecule has 6 heteroatoms. The molecule has 10 aromatic carbocycles. The monoisotopic (exact) mass is 1230 g/mol. The van der Waals surface area contributed by atoms with E-state index in [1.165, 1.54) is 82.8 Å². The first-order chi connectivity index (χ1) is 44.0. The maximum absolute atomic E-state index is 7.65. The molecular weight excluding hydrogens is 1140 g/mol. The van der Waals surface area contributed by atoms with Gasteiger partial charge in [-0.05, 0) is 184 Å². The Hall–Kier alpha value is -8.74. The molecule has 0 saturated heterocycles. The van der Waals surface area contributed by atoms with Gasteiger partial charge in [-0.1, -0.05) is 242 Å². The highest BCUT2D eigenvalue weighted by atomic mass is 16.5. The lowest BCUT2D eigenvalue weighted by Crippen LogP contribution is -2.60. The van der Waals surface area contributed by atoms with Crippen LogP contribution >= 0.6 is 0 Å². The highest BCUT2D eigenvalue weighted by Gasteiger charge is 2.44. The third-order valence-corrected chi connectivity index (χ3v) is 20.5. The third-order valence-electron chi connectivity index (χ3n) is 20.5. The van der Waals surface area contributed by atoms with Gasteiger partial charge < -0.3 is 23.7 Å². The number of aromatic nitrogens is 2. The second-order valence-corrected chi connectivity index (χ2v) is 34.5. The molecule has 0 unspecified atom stereocenters. The molecule has 0 fully saturated rings. The normalized spacial score (nSPS) is 13.8. The van der Waals surface area contributed by atoms with Crippen molar-refractivity contribution in [2.24, 2.45) is 0 Å². The van der Waals surface area contributed by atoms with E-state index in [0.29, 0.717) is 0 Å². The molecule has 2 aromatic heterocycles. The lowest BCUT2D eigenvalue weighted by molar-refractivity contribution is 0.486. The average molecular weight is 1240 g/mol. The first-order valence-electron chi connectivity index (χ1n) is 34.3. The van der Waals surface area contributed by atoms with E-state index in [1.807, 2.05) is 0 Å². The van der Waals surface area contributed by atoms with Gasteiger partial charge in [0.15, 0.2) is 0 Å². The Morgan fingerprint density at radius 1 is 0.309 bits per heavy atom. The summed E-state index contributed by atoms with van der Waals surface area (Å²) in [5.41, 5.74) is 25.6. The number of ether oxygens (including phenoxy) is 1. The summed E-state index contributed by atoms with van der Waals surface area (Å²) in [7, 11) is 0. The first kappa shape index (κ1) is 62.7. The Morgan fingerprint density at radius 3 is 1.23 bits per heavy atom. The Labute approximate surface area is 560 Å². The van der Waals surface area contributed by atoms with E-state index in [-0.39, 0.29) is 44.6 Å². The molecule has 0 spiro atoms. The molecule has 0 atom stereocenters. The van der Waals surface area contributed by atoms with Crippen LogP contribution in [0.25, 0.3) is 55.0 Å². The Balaban J connectivity index is 1.15. The van der Waals surface area contributed by atoms with Gasteiger partial charge in [0.2, 0.25) is 0 Å². The molecule has 476 valence electrons. The number of para-hydroxylation sites is 2. The number of fused-ring (bicyclic) bond motifs is 10. The summed E-state index contributed by atoms with van der Waals surface area (Å²) in [4.78, 5) is 5.06. The predicted molar refractivity (Wildman–Crippen MR) is 407 cm³/mol. The highest BCUT2D eigenvalue weighted by Crippen LogP contribution is 2.50. The van der Waals surface area contributed by atoms with Crippen molar-refractivity contribution in [2.75, 3.05) is 9.80 Å². The summed E-state index contributed by atoms with van der Waals surface area (Å²) in [6.45, 7) is 48.6. The van der Waals surface area contributed by atoms with Crippen LogP contribution in [-0.4, -0.2) is 15.8 Å². The molecular formula is C88H95BN4O. The summed E-state index contributed by atoms with van der Waals surface area (Å²) in [6, 6.07) is 75.6. The fraction of sp³-hybridized carbons (Fsp3) is 0.318. The van der Waals surface area contributed by atoms with Gasteiger partial charge in [0.25, 0.3) is 6.71 Å². The molecule has 0 N–H and O–H groups in total. The van der Waals surface area contributed by atoms with Gasteiger partial charge in [-0.25, -0.2) is 0 Å². The number of rotatable bonds is 6. The lowest BCUT2D eigenvalue weighted by Gasteiger charge is -2.41. The molecule has 12 aromatic rings. The van der Waals surface area contributed by atoms with Crippen molar-refractivity contribution in [2.45, 2.75) is 183 Å². The van der Waals surface area contributed by atoms with Gasteiger partial charge in [0.1, 0.15) is 11.5 Å². The van der Waals surface area contributed by atoms with E-state index in [4.69, 9.17) is 4.74 Å². The minimum absolute atomic E-state index is 0.0307. The highest BCUT2D eigenvalue weighted by molar-refractivity contribution is 6.99. The van der Waals surface area contributed by atoms with Gasteiger partial charge in [-0.3, -0.25) is 0 Å². The fourth-order valence-corrected chi connectivity index (χ4v) is 14.8. The number of hydrogen-bond acceptors (Lipinski definition) is 3. The van der Waals surface area contributed by atoms with Crippen LogP contribution in [0.2, 0.25) is 0 Å². The van der Waals surface area contributed by atoms with Crippen molar-refractivity contribution in [1.82, 2.24) is 9.13 Å². The minimum atomic E-state index is -0.118. The summed E-state index contributed by atoms with van der Waals surface area (Å²) < 4.78 is 12.8. The molecule has 14 rings (SSSR count). The van der Waals surface area contributed by atoms with Crippen LogP contribution in [-0.2, 0) is 37.9 Å². The SMILES string of the molecule is CC(C)(C)c1ccc(N2c3ccc(C(C)(C)C)cc3B3c4cc(C(C)(C)C)ccc4Oc4cc(-n5c6c(N(c7ccc(C(C)(C)C)cc7)c7ccc(C(C)(C)C)cc7)cccc6c6cccc(-n7c8ccc(C(C)(C)C)cc8c8cc(C(C)(C)C)ccc87)c65)cc2c43)cc1. The number of nitrogens with zero attached hydrogens (tertiary/aromatic N) is 4. The molecule has 2 aliphatic rings. The standard InChI is InChI=1S/C88H95BN4O/c1-82(2,3)54-28-38-61(39-29-54)90(62-40-30-55(31-41-62)83(4,5)6)74-26-22-24-65-66-25-23-27-75(93-71-44-34-57(85(10,11)12)48-67(71)68-49-58(86(13,14)15)35-45-72(68)93)81(66)92(80(65)74)64-52-76-79-78(53-64)94-77-47-37-60(88(19,20)21)51-70(77)89(79)69-50-59(87(16,17)18)36-46-73(69)91(76)63-42-32-56(33-43-63)84(7,8)9/h22-53H,1-21H3. The maximum Gasteiger partial charge on any atom is 0.256 e. The van der Waals surface area contributed by atoms with Crippen molar-refractivity contribution in [3.05, 3.63) is 233 Å². The molecule has 0 bridgehead atoms. The average Bonchev–Trinajstić information content (AvgIpc) is 1.28. The van der Waals surface area contributed by atoms with Crippen molar-refractivity contribution in [3.63, 3.8) is 0 Å². The van der Waals surface area contributed by atoms with Gasteiger partial charge >= 0.3 is 0 Å². The van der Waals surface area contributed by atoms with E-state index in [0.717, 1.165) is 73.1 Å². The van der Waals surface area contributed by atoms with Crippen LogP contribution < -0.4 is 30.9 Å². The molecule has 0 amide bonds. The van der Waals surface area contributed by atoms with Crippen molar-refractivity contribution >= 4 is 101 Å². The zero-order valence-corrected chi connectivity index (χ0v) is 59.7. The van der Waals surface area contributed by atoms with Gasteiger partial charge in [-0.15, -0.1) is 0 Å². The summed E-state index contributed by atoms with van der Waals surface area (Å²) >= 11 is 0. The Bertz CT molecular complexity index is 4880. The zero-order valence-electron chi connectivity index (χ0n) is 59.7. The second-order valence-electron chi connectivity index (χ2n) is 34.5. The van der Waals surface area contributed by atoms with Crippen molar-refractivity contribution < 1.29 is 4.74 Å². The number of anilines is 6. The molecule has 4 heterocycles. The minimum Gasteiger partial charge on any atom is -0.458 e. The summed E-state index contributed by atoms with van der Waals surface area (Å²) in [6.07, 6.45) is 0. The van der Waals surface area contributed by atoms with Crippen LogP contribution in [0.1, 0.15) is 184 Å². The Morgan fingerprint density at radius 2 is 0.734 bits per heavy atom. The van der Waals surface area contributed by atoms with Crippen LogP contribution in [0.3, 0.4) is 0 Å². The molecule has 0 saturated carbocycles. The van der Waals surface area contributed by atoms with Crippen LogP contribution in [0.5, 0.6) is 11.5 Å². The fourth-order valence-electron chi connectivity index (χ4n) is 14.8. The van der Waals surface area contributed by atoms with E-state index < -0.39 is 0 Å². The van der Waals surface area contributed by atoms with Gasteiger partial charge in [0.05, 0.1) is 39.1 Å². The second kappa shape index (κ2) is 21.4. The van der Waals surface area contributed by atoms with Gasteiger partial charge in [0, 0.05) is 56.0 Å². The van der Waals surface area contributed by atoms with Crippen LogP contribution in [0.15, 0.2) is 194 Å². The molecule has 2 aliphatic heterocycles. The summed E-state index contributed by atoms with van der Waals surface area (Å²) in [5, 5.41) is 4.82. The maximum atomic E-state index is 7.65. The first-order valence-corrected chi connectivity index (χ1v) is 34.3. The molecule has 0 radical (unpaired) electrons. The van der Waals surface area contributed by atoms with E-state index in [9.17, 15) is 0 Å². The van der Waals surface area contributed by atoms with E-state index in [2.05, 4.69) is 358 Å². The third kappa shape index (κ3) is 10.5. The van der Waals surface area contributed by atoms with E-state index in [1.54, 1.807) is 0 Å². The largest absolute Gasteiger partial charge is 0.458 e. The molecule has 94 heavy (non-hydrogen) atoms. The molecule has 0 aliphatic carbocycles. The van der Waals surface area contributed by atoms with Crippen molar-refractivity contribution in [3.8, 4) is 22.9 Å². The van der Waals surface area contributed by atoms with E-state index >= 15 is 0 Å². The van der Waals surface area contributed by atoms with Crippen molar-refractivity contribution in [1.29, 1.82) is 0 Å². The van der Waals surface area contributed by atoms with Crippen LogP contribution in [0.4, 0.5) is 34.1 Å². The number of hydrogen-bond donors (Lipinski definition) is 0. The zero-order chi connectivity index (χ0) is 66.9. The topological polar surface area (TPSA) is 25.6 Å². The molecule has 5 nitrogen and oxygen atoms in total. The summed E-state index contributed by atoms with van der Waals surface area (Å²) in [5.74, 6) is 1.75. The quantitative estimate of drug-likeness (QED) is 0.155. The predicted octanol–water partition coefficient (Wildman–Crippen LogP) is 22.8. The lowest BCUT2D eigenvalue weighted by atomic mass is 9.33.